The van der Waals surface area contributed by atoms with E-state index in [4.69, 9.17) is 5.11 Å². The van der Waals surface area contributed by atoms with Crippen molar-refractivity contribution >= 4 is 15.7 Å². The molecule has 0 bridgehead atoms. The molecule has 0 spiro atoms. The van der Waals surface area contributed by atoms with E-state index < -0.39 is 10.0 Å². The molecule has 0 aliphatic rings. The SMILES string of the molecule is O=S(=O)(CCCCO)Nc1cccnc1. The first-order valence-corrected chi connectivity index (χ1v) is 6.31. The molecule has 0 atom stereocenters. The van der Waals surface area contributed by atoms with E-state index in [0.29, 0.717) is 18.5 Å². The zero-order chi connectivity index (χ0) is 11.1. The average Bonchev–Trinajstić information content (AvgIpc) is 2.18. The molecule has 0 saturated carbocycles. The molecule has 0 saturated heterocycles. The number of rotatable bonds is 6. The summed E-state index contributed by atoms with van der Waals surface area (Å²) in [4.78, 5) is 3.80. The summed E-state index contributed by atoms with van der Waals surface area (Å²) in [5.74, 6) is 0.0163. The van der Waals surface area contributed by atoms with Crippen LogP contribution in [0.25, 0.3) is 0 Å². The van der Waals surface area contributed by atoms with Crippen LogP contribution in [0.3, 0.4) is 0 Å². The molecule has 2 N–H and O–H groups in total. The van der Waals surface area contributed by atoms with Gasteiger partial charge in [0.2, 0.25) is 10.0 Å². The highest BCUT2D eigenvalue weighted by Gasteiger charge is 2.09. The van der Waals surface area contributed by atoms with Gasteiger partial charge in [0.25, 0.3) is 0 Å². The van der Waals surface area contributed by atoms with E-state index in [1.165, 1.54) is 6.20 Å². The first-order chi connectivity index (χ1) is 7.14. The Kier molecular flexibility index (Phi) is 4.51. The molecule has 0 aliphatic carbocycles. The van der Waals surface area contributed by atoms with Gasteiger partial charge >= 0.3 is 0 Å². The van der Waals surface area contributed by atoms with Crippen LogP contribution < -0.4 is 4.72 Å². The van der Waals surface area contributed by atoms with Crippen LogP contribution >= 0.6 is 0 Å². The van der Waals surface area contributed by atoms with Crippen LogP contribution in [-0.2, 0) is 10.0 Å². The molecule has 84 valence electrons. The highest BCUT2D eigenvalue weighted by Crippen LogP contribution is 2.07. The van der Waals surface area contributed by atoms with Crippen LogP contribution in [0.15, 0.2) is 24.5 Å². The van der Waals surface area contributed by atoms with E-state index in [2.05, 4.69) is 9.71 Å². The smallest absolute Gasteiger partial charge is 0.232 e. The predicted octanol–water partition coefficient (Wildman–Crippen LogP) is 0.596. The van der Waals surface area contributed by atoms with Crippen molar-refractivity contribution in [1.29, 1.82) is 0 Å². The second-order valence-corrected chi connectivity index (χ2v) is 4.94. The number of aliphatic hydroxyl groups excluding tert-OH is 1. The maximum atomic E-state index is 11.5. The predicted molar refractivity (Wildman–Crippen MR) is 58.0 cm³/mol. The lowest BCUT2D eigenvalue weighted by Gasteiger charge is -2.06. The second kappa shape index (κ2) is 5.67. The van der Waals surface area contributed by atoms with E-state index in [-0.39, 0.29) is 12.4 Å². The Bertz CT molecular complexity index is 378. The minimum Gasteiger partial charge on any atom is -0.396 e. The van der Waals surface area contributed by atoms with Crippen molar-refractivity contribution < 1.29 is 13.5 Å². The molecule has 5 nitrogen and oxygen atoms in total. The molecule has 0 aromatic carbocycles. The van der Waals surface area contributed by atoms with Crippen molar-refractivity contribution in [2.75, 3.05) is 17.1 Å². The van der Waals surface area contributed by atoms with Crippen molar-refractivity contribution in [1.82, 2.24) is 4.98 Å². The molecule has 1 heterocycles. The number of sulfonamides is 1. The fourth-order valence-corrected chi connectivity index (χ4v) is 2.22. The third-order valence-electron chi connectivity index (χ3n) is 1.76. The van der Waals surface area contributed by atoms with Gasteiger partial charge in [-0.2, -0.15) is 0 Å². The number of unbranched alkanes of at least 4 members (excludes halogenated alkanes) is 1. The Balaban J connectivity index is 2.50. The van der Waals surface area contributed by atoms with E-state index in [9.17, 15) is 8.42 Å². The Hall–Kier alpha value is -1.14. The molecule has 1 rings (SSSR count). The van der Waals surface area contributed by atoms with Crippen molar-refractivity contribution in [2.24, 2.45) is 0 Å². The third-order valence-corrected chi connectivity index (χ3v) is 3.13. The van der Waals surface area contributed by atoms with Crippen LogP contribution in [0.5, 0.6) is 0 Å². The summed E-state index contributed by atoms with van der Waals surface area (Å²) in [5.41, 5.74) is 0.460. The maximum Gasteiger partial charge on any atom is 0.232 e. The molecular formula is C9H14N2O3S. The van der Waals surface area contributed by atoms with Crippen LogP contribution in [-0.4, -0.2) is 30.9 Å². The lowest BCUT2D eigenvalue weighted by atomic mass is 10.4. The number of hydrogen-bond donors (Lipinski definition) is 2. The van der Waals surface area contributed by atoms with E-state index in [1.54, 1.807) is 18.3 Å². The number of hydrogen-bond acceptors (Lipinski definition) is 4. The Morgan fingerprint density at radius 2 is 2.20 bits per heavy atom. The van der Waals surface area contributed by atoms with Gasteiger partial charge in [-0.3, -0.25) is 9.71 Å². The van der Waals surface area contributed by atoms with Crippen LogP contribution in [0, 0.1) is 0 Å². The summed E-state index contributed by atoms with van der Waals surface area (Å²) in [7, 11) is -3.31. The molecule has 0 fully saturated rings. The molecule has 0 aliphatic heterocycles. The van der Waals surface area contributed by atoms with Crippen molar-refractivity contribution in [3.05, 3.63) is 24.5 Å². The molecule has 1 aromatic heterocycles. The van der Waals surface area contributed by atoms with Crippen molar-refractivity contribution in [2.45, 2.75) is 12.8 Å². The van der Waals surface area contributed by atoms with Gasteiger partial charge in [0.1, 0.15) is 0 Å². The van der Waals surface area contributed by atoms with Crippen LogP contribution in [0.2, 0.25) is 0 Å². The van der Waals surface area contributed by atoms with Gasteiger partial charge in [-0.05, 0) is 25.0 Å². The number of aliphatic hydroxyl groups is 1. The molecule has 0 amide bonds. The maximum absolute atomic E-state index is 11.5. The number of anilines is 1. The first kappa shape index (κ1) is 11.9. The van der Waals surface area contributed by atoms with E-state index in [0.717, 1.165) is 0 Å². The van der Waals surface area contributed by atoms with Crippen LogP contribution in [0.4, 0.5) is 5.69 Å². The molecule has 0 radical (unpaired) electrons. The van der Waals surface area contributed by atoms with Gasteiger partial charge in [-0.25, -0.2) is 8.42 Å². The Morgan fingerprint density at radius 1 is 1.40 bits per heavy atom. The zero-order valence-electron chi connectivity index (χ0n) is 8.26. The summed E-state index contributed by atoms with van der Waals surface area (Å²) < 4.78 is 25.3. The largest absolute Gasteiger partial charge is 0.396 e. The number of nitrogens with zero attached hydrogens (tertiary/aromatic N) is 1. The average molecular weight is 230 g/mol. The summed E-state index contributed by atoms with van der Waals surface area (Å²) in [6.07, 6.45) is 3.97. The minimum atomic E-state index is -3.31. The summed E-state index contributed by atoms with van der Waals surface area (Å²) in [6, 6.07) is 3.29. The van der Waals surface area contributed by atoms with E-state index >= 15 is 0 Å². The third kappa shape index (κ3) is 4.75. The van der Waals surface area contributed by atoms with Gasteiger partial charge in [0, 0.05) is 12.8 Å². The number of nitrogens with one attached hydrogen (secondary N) is 1. The van der Waals surface area contributed by atoms with Crippen molar-refractivity contribution in [3.63, 3.8) is 0 Å². The lowest BCUT2D eigenvalue weighted by molar-refractivity contribution is 0.287. The Labute approximate surface area is 89.2 Å². The highest BCUT2D eigenvalue weighted by molar-refractivity contribution is 7.92. The van der Waals surface area contributed by atoms with E-state index in [1.807, 2.05) is 0 Å². The van der Waals surface area contributed by atoms with Gasteiger partial charge in [0.05, 0.1) is 17.6 Å². The molecule has 1 aromatic rings. The molecule has 6 heteroatoms. The van der Waals surface area contributed by atoms with Crippen molar-refractivity contribution in [3.8, 4) is 0 Å². The molecular weight excluding hydrogens is 216 g/mol. The minimum absolute atomic E-state index is 0.0163. The van der Waals surface area contributed by atoms with Gasteiger partial charge in [-0.15, -0.1) is 0 Å². The zero-order valence-corrected chi connectivity index (χ0v) is 9.07. The number of pyridine rings is 1. The summed E-state index contributed by atoms with van der Waals surface area (Å²) in [6.45, 7) is 0.0163. The van der Waals surface area contributed by atoms with Gasteiger partial charge < -0.3 is 5.11 Å². The fraction of sp³-hybridized carbons (Fsp3) is 0.444. The molecule has 15 heavy (non-hydrogen) atoms. The topological polar surface area (TPSA) is 79.3 Å². The normalized spacial score (nSPS) is 11.3. The number of aromatic nitrogens is 1. The molecule has 0 unspecified atom stereocenters. The first-order valence-electron chi connectivity index (χ1n) is 4.65. The lowest BCUT2D eigenvalue weighted by Crippen LogP contribution is -2.16. The summed E-state index contributed by atoms with van der Waals surface area (Å²) >= 11 is 0. The standard InChI is InChI=1S/C9H14N2O3S/c12-6-1-2-7-15(13,14)11-9-4-3-5-10-8-9/h3-5,8,11-12H,1-2,6-7H2. The van der Waals surface area contributed by atoms with Gasteiger partial charge in [0.15, 0.2) is 0 Å². The quantitative estimate of drug-likeness (QED) is 0.701. The highest BCUT2D eigenvalue weighted by atomic mass is 32.2. The Morgan fingerprint density at radius 3 is 2.80 bits per heavy atom. The fourth-order valence-electron chi connectivity index (χ4n) is 1.06. The van der Waals surface area contributed by atoms with Gasteiger partial charge in [-0.1, -0.05) is 0 Å². The van der Waals surface area contributed by atoms with Crippen LogP contribution in [0.1, 0.15) is 12.8 Å². The summed E-state index contributed by atoms with van der Waals surface area (Å²) in [5, 5.41) is 8.53. The monoisotopic (exact) mass is 230 g/mol. The second-order valence-electron chi connectivity index (χ2n) is 3.09.